The van der Waals surface area contributed by atoms with E-state index in [4.69, 9.17) is 4.84 Å². The third kappa shape index (κ3) is 3.35. The average molecular weight is 422 g/mol. The molecule has 4 rings (SSSR count). The zero-order valence-corrected chi connectivity index (χ0v) is 16.4. The Bertz CT molecular complexity index is 1220. The molecule has 0 aliphatic heterocycles. The van der Waals surface area contributed by atoms with Gasteiger partial charge >= 0.3 is 0 Å². The third-order valence-corrected chi connectivity index (χ3v) is 5.18. The highest BCUT2D eigenvalue weighted by molar-refractivity contribution is 5.88. The van der Waals surface area contributed by atoms with E-state index >= 15 is 0 Å². The van der Waals surface area contributed by atoms with Gasteiger partial charge in [0.05, 0.1) is 10.9 Å². The highest BCUT2D eigenvalue weighted by Gasteiger charge is 2.41. The molecule has 1 fully saturated rings. The van der Waals surface area contributed by atoms with Crippen molar-refractivity contribution < 1.29 is 22.4 Å². The maximum atomic E-state index is 14.8. The second-order valence-corrected chi connectivity index (χ2v) is 7.71. The molecule has 0 unspecified atom stereocenters. The van der Waals surface area contributed by atoms with Crippen LogP contribution in [0.15, 0.2) is 29.2 Å². The van der Waals surface area contributed by atoms with E-state index in [0.717, 1.165) is 12.1 Å². The number of nitrogens with zero attached hydrogens (tertiary/aromatic N) is 3. The van der Waals surface area contributed by atoms with E-state index < -0.39 is 40.0 Å². The first-order valence-corrected chi connectivity index (χ1v) is 9.21. The number of hydrogen-bond donors (Lipinski definition) is 1. The molecule has 1 aromatic carbocycles. The summed E-state index contributed by atoms with van der Waals surface area (Å²) in [7, 11) is 0. The lowest BCUT2D eigenvalue weighted by Crippen LogP contribution is -2.30. The number of benzene rings is 1. The fraction of sp³-hybridized carbons (Fsp3) is 0.350. The topological polar surface area (TPSA) is 69.0 Å². The van der Waals surface area contributed by atoms with E-state index in [1.165, 1.54) is 23.8 Å². The molecule has 1 N–H and O–H groups in total. The minimum Gasteiger partial charge on any atom is -0.378 e. The Hall–Kier alpha value is -3.17. The van der Waals surface area contributed by atoms with Gasteiger partial charge in [-0.3, -0.25) is 4.79 Å². The highest BCUT2D eigenvalue weighted by Crippen LogP contribution is 2.42. The van der Waals surface area contributed by atoms with Crippen LogP contribution in [-0.2, 0) is 11.5 Å². The predicted octanol–water partition coefficient (Wildman–Crippen LogP) is 4.40. The van der Waals surface area contributed by atoms with Crippen molar-refractivity contribution in [2.24, 2.45) is 0 Å². The van der Waals surface area contributed by atoms with Gasteiger partial charge in [-0.1, -0.05) is 6.07 Å². The molecule has 0 spiro atoms. The molecule has 0 bridgehead atoms. The van der Waals surface area contributed by atoms with Crippen LogP contribution in [0.5, 0.6) is 5.75 Å². The fourth-order valence-electron chi connectivity index (χ4n) is 3.20. The number of halogens is 4. The minimum absolute atomic E-state index is 0.0255. The maximum Gasteiger partial charge on any atom is 0.289 e. The molecule has 0 saturated heterocycles. The third-order valence-electron chi connectivity index (χ3n) is 5.18. The van der Waals surface area contributed by atoms with E-state index in [2.05, 4.69) is 15.4 Å². The normalized spacial score (nSPS) is 15.3. The van der Waals surface area contributed by atoms with Crippen molar-refractivity contribution in [2.75, 3.05) is 5.48 Å². The number of fused-ring (bicyclic) bond motifs is 1. The Morgan fingerprint density at radius 3 is 2.53 bits per heavy atom. The highest BCUT2D eigenvalue weighted by atomic mass is 19.3. The fourth-order valence-corrected chi connectivity index (χ4v) is 3.20. The van der Waals surface area contributed by atoms with Gasteiger partial charge in [-0.25, -0.2) is 28.6 Å². The van der Waals surface area contributed by atoms with Crippen molar-refractivity contribution in [3.8, 4) is 5.75 Å². The van der Waals surface area contributed by atoms with Gasteiger partial charge in [0, 0.05) is 18.7 Å². The van der Waals surface area contributed by atoms with E-state index in [-0.39, 0.29) is 22.5 Å². The number of hydrogen-bond acceptors (Lipinski definition) is 5. The first-order valence-electron chi connectivity index (χ1n) is 9.21. The van der Waals surface area contributed by atoms with E-state index in [1.54, 1.807) is 0 Å². The molecule has 2 aromatic heterocycles. The lowest BCUT2D eigenvalue weighted by molar-refractivity contribution is 0.0133. The van der Waals surface area contributed by atoms with Crippen molar-refractivity contribution >= 4 is 16.7 Å². The summed E-state index contributed by atoms with van der Waals surface area (Å²) in [4.78, 5) is 25.7. The molecule has 10 heteroatoms. The second kappa shape index (κ2) is 6.68. The summed E-state index contributed by atoms with van der Waals surface area (Å²) in [5.41, 5.74) is 0.0580. The number of nitrogens with one attached hydrogen (secondary N) is 1. The van der Waals surface area contributed by atoms with Crippen LogP contribution in [0.25, 0.3) is 10.9 Å². The Morgan fingerprint density at radius 2 is 1.90 bits per heavy atom. The Morgan fingerprint density at radius 1 is 1.20 bits per heavy atom. The first kappa shape index (κ1) is 20.1. The summed E-state index contributed by atoms with van der Waals surface area (Å²) < 4.78 is 57.6. The molecule has 1 saturated carbocycles. The SMILES string of the molecule is Cc1nc(NOc2cccc(C(C)(F)F)c2F)c2cn(C3(C)CC3)c(=O)c(F)c2n1. The van der Waals surface area contributed by atoms with Gasteiger partial charge in [0.25, 0.3) is 11.5 Å². The monoisotopic (exact) mass is 422 g/mol. The van der Waals surface area contributed by atoms with Crippen LogP contribution in [0.2, 0.25) is 0 Å². The van der Waals surface area contributed by atoms with Gasteiger partial charge in [-0.2, -0.15) is 4.39 Å². The molecule has 0 atom stereocenters. The second-order valence-electron chi connectivity index (χ2n) is 7.71. The van der Waals surface area contributed by atoms with Crippen LogP contribution in [0.3, 0.4) is 0 Å². The Labute approximate surface area is 168 Å². The molecule has 1 aliphatic carbocycles. The predicted molar refractivity (Wildman–Crippen MR) is 102 cm³/mol. The molecule has 158 valence electrons. The van der Waals surface area contributed by atoms with E-state index in [1.807, 2.05) is 6.92 Å². The summed E-state index contributed by atoms with van der Waals surface area (Å²) in [5.74, 6) is -6.05. The molecule has 6 nitrogen and oxygen atoms in total. The van der Waals surface area contributed by atoms with Crippen LogP contribution >= 0.6 is 0 Å². The van der Waals surface area contributed by atoms with Gasteiger partial charge in [0.2, 0.25) is 5.82 Å². The van der Waals surface area contributed by atoms with Crippen molar-refractivity contribution in [3.63, 3.8) is 0 Å². The molecule has 30 heavy (non-hydrogen) atoms. The summed E-state index contributed by atoms with van der Waals surface area (Å²) in [5, 5.41) is 0.142. The average Bonchev–Trinajstić information content (AvgIpc) is 3.41. The number of aromatic nitrogens is 3. The quantitative estimate of drug-likeness (QED) is 0.488. The van der Waals surface area contributed by atoms with Crippen LogP contribution in [0, 0.1) is 18.6 Å². The number of alkyl halides is 2. The molecule has 3 aromatic rings. The summed E-state index contributed by atoms with van der Waals surface area (Å²) >= 11 is 0. The number of pyridine rings is 1. The lowest BCUT2D eigenvalue weighted by atomic mass is 10.1. The van der Waals surface area contributed by atoms with Crippen molar-refractivity contribution in [1.29, 1.82) is 0 Å². The van der Waals surface area contributed by atoms with Gasteiger partial charge in [-0.05, 0) is 38.8 Å². The number of rotatable bonds is 5. The first-order chi connectivity index (χ1) is 14.0. The van der Waals surface area contributed by atoms with E-state index in [0.29, 0.717) is 19.8 Å². The Balaban J connectivity index is 1.77. The smallest absolute Gasteiger partial charge is 0.289 e. The van der Waals surface area contributed by atoms with Crippen LogP contribution in [0.4, 0.5) is 23.4 Å². The van der Waals surface area contributed by atoms with Gasteiger partial charge in [-0.15, -0.1) is 0 Å². The van der Waals surface area contributed by atoms with E-state index in [9.17, 15) is 22.4 Å². The van der Waals surface area contributed by atoms with Crippen molar-refractivity contribution in [1.82, 2.24) is 14.5 Å². The zero-order valence-electron chi connectivity index (χ0n) is 16.4. The van der Waals surface area contributed by atoms with Gasteiger partial charge < -0.3 is 9.40 Å². The lowest BCUT2D eigenvalue weighted by Gasteiger charge is -2.17. The number of anilines is 1. The zero-order chi connectivity index (χ0) is 21.8. The van der Waals surface area contributed by atoms with Gasteiger partial charge in [0.1, 0.15) is 11.3 Å². The van der Waals surface area contributed by atoms with Gasteiger partial charge in [0.15, 0.2) is 17.4 Å². The summed E-state index contributed by atoms with van der Waals surface area (Å²) in [6, 6.07) is 3.34. The largest absolute Gasteiger partial charge is 0.378 e. The molecule has 0 radical (unpaired) electrons. The molecular formula is C20H18F4N4O2. The summed E-state index contributed by atoms with van der Waals surface area (Å²) in [6.45, 7) is 3.88. The van der Waals surface area contributed by atoms with Crippen LogP contribution < -0.4 is 15.9 Å². The minimum atomic E-state index is -3.40. The molecular weight excluding hydrogens is 404 g/mol. The summed E-state index contributed by atoms with van der Waals surface area (Å²) in [6.07, 6.45) is 2.85. The Kier molecular flexibility index (Phi) is 4.48. The molecule has 2 heterocycles. The van der Waals surface area contributed by atoms with Crippen LogP contribution in [-0.4, -0.2) is 14.5 Å². The number of aryl methyl sites for hydroxylation is 1. The van der Waals surface area contributed by atoms with Crippen molar-refractivity contribution in [3.05, 3.63) is 57.8 Å². The molecule has 1 aliphatic rings. The molecule has 0 amide bonds. The standard InChI is InChI=1S/C20H18F4N4O2/c1-10-25-16-11(9-28(18(29)15(16)22)19(2)7-8-19)17(26-10)27-30-13-6-4-5-12(14(13)21)20(3,23)24/h4-6,9H,7-8H2,1-3H3,(H,25,26,27). The maximum absolute atomic E-state index is 14.8. The van der Waals surface area contributed by atoms with Crippen LogP contribution in [0.1, 0.15) is 38.1 Å². The van der Waals surface area contributed by atoms with Crippen molar-refractivity contribution in [2.45, 2.75) is 45.1 Å².